The Morgan fingerprint density at radius 3 is 2.62 bits per heavy atom. The first kappa shape index (κ1) is 25.1. The summed E-state index contributed by atoms with van der Waals surface area (Å²) < 4.78 is 10.0. The number of hydrogen-bond donors (Lipinski definition) is 3. The van der Waals surface area contributed by atoms with Crippen molar-refractivity contribution in [1.82, 2.24) is 15.5 Å². The van der Waals surface area contributed by atoms with Gasteiger partial charge in [-0.3, -0.25) is 19.2 Å². The van der Waals surface area contributed by atoms with E-state index < -0.39 is 12.0 Å². The van der Waals surface area contributed by atoms with E-state index >= 15 is 0 Å². The van der Waals surface area contributed by atoms with E-state index in [9.17, 15) is 19.2 Å². The summed E-state index contributed by atoms with van der Waals surface area (Å²) in [6, 6.07) is 5.82. The molecule has 1 unspecified atom stereocenters. The van der Waals surface area contributed by atoms with Gasteiger partial charge in [0, 0.05) is 38.0 Å². The van der Waals surface area contributed by atoms with E-state index in [4.69, 9.17) is 9.47 Å². The molecular weight excluding hydrogens is 416 g/mol. The number of hydrogen-bond acceptors (Lipinski definition) is 7. The Hall–Kier alpha value is -3.14. The molecule has 1 saturated heterocycles. The van der Waals surface area contributed by atoms with Crippen molar-refractivity contribution in [3.63, 3.8) is 0 Å². The molecule has 1 fully saturated rings. The minimum absolute atomic E-state index is 0.0476. The number of carbonyl (C=O) groups excluding carboxylic acids is 4. The SMILES string of the molecule is CCCCOC(=O)CC1C(=O)NCCN1C(=O)CNc1ccc(C(=O)NCCOC)cc1. The number of nitrogens with zero attached hydrogens (tertiary/aromatic N) is 1. The maximum absolute atomic E-state index is 12.7. The van der Waals surface area contributed by atoms with Gasteiger partial charge in [-0.2, -0.15) is 0 Å². The fourth-order valence-corrected chi connectivity index (χ4v) is 3.15. The summed E-state index contributed by atoms with van der Waals surface area (Å²) in [5, 5.41) is 8.42. The van der Waals surface area contributed by atoms with Gasteiger partial charge >= 0.3 is 5.97 Å². The highest BCUT2D eigenvalue weighted by Crippen LogP contribution is 2.13. The fraction of sp³-hybridized carbons (Fsp3) is 0.545. The van der Waals surface area contributed by atoms with Crippen molar-refractivity contribution in [3.8, 4) is 0 Å². The molecule has 0 saturated carbocycles. The number of nitrogens with one attached hydrogen (secondary N) is 3. The summed E-state index contributed by atoms with van der Waals surface area (Å²) in [5.41, 5.74) is 1.15. The average Bonchev–Trinajstić information content (AvgIpc) is 2.79. The van der Waals surface area contributed by atoms with Crippen LogP contribution in [0.3, 0.4) is 0 Å². The Bertz CT molecular complexity index is 783. The van der Waals surface area contributed by atoms with Gasteiger partial charge in [0.15, 0.2) is 0 Å². The Kier molecular flexibility index (Phi) is 10.5. The summed E-state index contributed by atoms with van der Waals surface area (Å²) in [6.07, 6.45) is 1.48. The van der Waals surface area contributed by atoms with E-state index in [0.717, 1.165) is 12.8 Å². The van der Waals surface area contributed by atoms with Gasteiger partial charge in [0.25, 0.3) is 5.91 Å². The summed E-state index contributed by atoms with van der Waals surface area (Å²) in [4.78, 5) is 50.5. The van der Waals surface area contributed by atoms with Crippen LogP contribution in [0.4, 0.5) is 5.69 Å². The van der Waals surface area contributed by atoms with Gasteiger partial charge in [-0.05, 0) is 30.7 Å². The van der Waals surface area contributed by atoms with E-state index in [1.807, 2.05) is 6.92 Å². The number of carbonyl (C=O) groups is 4. The molecule has 0 aliphatic carbocycles. The van der Waals surface area contributed by atoms with E-state index in [1.54, 1.807) is 31.4 Å². The molecule has 176 valence electrons. The Balaban J connectivity index is 1.88. The van der Waals surface area contributed by atoms with Crippen molar-refractivity contribution >= 4 is 29.4 Å². The Labute approximate surface area is 188 Å². The second-order valence-corrected chi connectivity index (χ2v) is 7.35. The molecule has 1 aromatic rings. The summed E-state index contributed by atoms with van der Waals surface area (Å²) >= 11 is 0. The van der Waals surface area contributed by atoms with Crippen molar-refractivity contribution < 1.29 is 28.7 Å². The van der Waals surface area contributed by atoms with Crippen LogP contribution in [0.5, 0.6) is 0 Å². The minimum Gasteiger partial charge on any atom is -0.466 e. The topological polar surface area (TPSA) is 126 Å². The molecule has 10 heteroatoms. The van der Waals surface area contributed by atoms with Crippen LogP contribution in [0.1, 0.15) is 36.5 Å². The second-order valence-electron chi connectivity index (χ2n) is 7.35. The van der Waals surface area contributed by atoms with Gasteiger partial charge in [0.05, 0.1) is 26.2 Å². The van der Waals surface area contributed by atoms with Crippen molar-refractivity contribution in [1.29, 1.82) is 0 Å². The zero-order chi connectivity index (χ0) is 23.3. The largest absolute Gasteiger partial charge is 0.466 e. The molecule has 3 amide bonds. The summed E-state index contributed by atoms with van der Waals surface area (Å²) in [7, 11) is 1.56. The molecule has 0 aromatic heterocycles. The molecule has 0 bridgehead atoms. The number of esters is 1. The minimum atomic E-state index is -0.884. The highest BCUT2D eigenvalue weighted by molar-refractivity contribution is 5.95. The van der Waals surface area contributed by atoms with Gasteiger partial charge in [0.1, 0.15) is 6.04 Å². The lowest BCUT2D eigenvalue weighted by Gasteiger charge is -2.34. The van der Waals surface area contributed by atoms with Gasteiger partial charge in [-0.25, -0.2) is 0 Å². The van der Waals surface area contributed by atoms with Crippen LogP contribution in [-0.4, -0.2) is 81.1 Å². The zero-order valence-electron chi connectivity index (χ0n) is 18.6. The van der Waals surface area contributed by atoms with E-state index in [1.165, 1.54) is 4.90 Å². The maximum atomic E-state index is 12.7. The molecule has 10 nitrogen and oxygen atoms in total. The smallest absolute Gasteiger partial charge is 0.308 e. The number of rotatable bonds is 12. The number of anilines is 1. The number of amides is 3. The highest BCUT2D eigenvalue weighted by atomic mass is 16.5. The molecule has 0 spiro atoms. The Morgan fingerprint density at radius 1 is 1.19 bits per heavy atom. The van der Waals surface area contributed by atoms with Gasteiger partial charge in [-0.1, -0.05) is 13.3 Å². The van der Waals surface area contributed by atoms with Crippen LogP contribution < -0.4 is 16.0 Å². The normalized spacial score (nSPS) is 15.6. The van der Waals surface area contributed by atoms with Gasteiger partial charge in [0.2, 0.25) is 11.8 Å². The third-order valence-electron chi connectivity index (χ3n) is 4.95. The quantitative estimate of drug-likeness (QED) is 0.315. The highest BCUT2D eigenvalue weighted by Gasteiger charge is 2.34. The molecule has 2 rings (SSSR count). The van der Waals surface area contributed by atoms with Crippen molar-refractivity contribution in [2.45, 2.75) is 32.2 Å². The molecule has 1 aliphatic heterocycles. The molecule has 1 atom stereocenters. The monoisotopic (exact) mass is 448 g/mol. The molecule has 1 aromatic carbocycles. The lowest BCUT2D eigenvalue weighted by Crippen LogP contribution is -2.58. The molecule has 32 heavy (non-hydrogen) atoms. The first-order valence-electron chi connectivity index (χ1n) is 10.8. The first-order chi connectivity index (χ1) is 15.5. The van der Waals surface area contributed by atoms with E-state index in [0.29, 0.717) is 44.1 Å². The van der Waals surface area contributed by atoms with E-state index in [-0.39, 0.29) is 30.7 Å². The number of unbranched alkanes of at least 4 members (excludes halogenated alkanes) is 1. The molecule has 1 heterocycles. The fourth-order valence-electron chi connectivity index (χ4n) is 3.15. The molecular formula is C22H32N4O6. The Morgan fingerprint density at radius 2 is 1.94 bits per heavy atom. The van der Waals surface area contributed by atoms with Gasteiger partial charge in [-0.15, -0.1) is 0 Å². The number of methoxy groups -OCH3 is 1. The lowest BCUT2D eigenvalue weighted by molar-refractivity contribution is -0.151. The summed E-state index contributed by atoms with van der Waals surface area (Å²) in [5.74, 6) is -1.36. The molecule has 0 radical (unpaired) electrons. The van der Waals surface area contributed by atoms with Crippen LogP contribution in [0.25, 0.3) is 0 Å². The van der Waals surface area contributed by atoms with Crippen LogP contribution in [-0.2, 0) is 23.9 Å². The van der Waals surface area contributed by atoms with Crippen LogP contribution in [0.15, 0.2) is 24.3 Å². The van der Waals surface area contributed by atoms with Crippen LogP contribution >= 0.6 is 0 Å². The number of ether oxygens (including phenoxy) is 2. The zero-order valence-corrected chi connectivity index (χ0v) is 18.6. The van der Waals surface area contributed by atoms with Crippen LogP contribution in [0, 0.1) is 0 Å². The van der Waals surface area contributed by atoms with Gasteiger partial charge < -0.3 is 30.3 Å². The first-order valence-corrected chi connectivity index (χ1v) is 10.8. The number of piperazine rings is 1. The number of benzene rings is 1. The summed E-state index contributed by atoms with van der Waals surface area (Å²) in [6.45, 7) is 3.74. The second kappa shape index (κ2) is 13.3. The lowest BCUT2D eigenvalue weighted by atomic mass is 10.1. The third kappa shape index (κ3) is 7.84. The predicted molar refractivity (Wildman–Crippen MR) is 118 cm³/mol. The van der Waals surface area contributed by atoms with Crippen molar-refractivity contribution in [2.24, 2.45) is 0 Å². The third-order valence-corrected chi connectivity index (χ3v) is 4.95. The predicted octanol–water partition coefficient (Wildman–Crippen LogP) is 0.535. The molecule has 3 N–H and O–H groups in total. The van der Waals surface area contributed by atoms with Crippen molar-refractivity contribution in [2.75, 3.05) is 51.8 Å². The van der Waals surface area contributed by atoms with Crippen molar-refractivity contribution in [3.05, 3.63) is 29.8 Å². The maximum Gasteiger partial charge on any atom is 0.308 e. The van der Waals surface area contributed by atoms with Crippen LogP contribution in [0.2, 0.25) is 0 Å². The molecule has 1 aliphatic rings. The average molecular weight is 449 g/mol. The van der Waals surface area contributed by atoms with E-state index in [2.05, 4.69) is 16.0 Å². The standard InChI is InChI=1S/C22H32N4O6/c1-3-4-12-32-20(28)14-18-22(30)23-9-11-26(18)19(27)15-25-17-7-5-16(6-8-17)21(29)24-10-13-31-2/h5-8,18,25H,3-4,9-15H2,1-2H3,(H,23,30)(H,24,29).